The summed E-state index contributed by atoms with van der Waals surface area (Å²) < 4.78 is 38.6. The molecule has 0 aliphatic carbocycles. The molecule has 1 heterocycles. The van der Waals surface area contributed by atoms with E-state index in [1.165, 1.54) is 18.3 Å². The lowest BCUT2D eigenvalue weighted by molar-refractivity contribution is -0.137. The molecule has 4 nitrogen and oxygen atoms in total. The Balaban J connectivity index is 2.43. The first-order chi connectivity index (χ1) is 9.82. The van der Waals surface area contributed by atoms with Crippen molar-refractivity contribution in [1.82, 2.24) is 4.98 Å². The predicted molar refractivity (Wildman–Crippen MR) is 72.8 cm³/mol. The van der Waals surface area contributed by atoms with Gasteiger partial charge in [-0.1, -0.05) is 0 Å². The van der Waals surface area contributed by atoms with Gasteiger partial charge < -0.3 is 11.1 Å². The molecule has 0 atom stereocenters. The number of aromatic nitrogens is 1. The number of nitrogens with one attached hydrogen (secondary N) is 1. The molecule has 1 aromatic carbocycles. The minimum Gasteiger partial charge on any atom is -0.396 e. The van der Waals surface area contributed by atoms with Crippen LogP contribution in [0, 0.1) is 18.3 Å². The van der Waals surface area contributed by atoms with Crippen molar-refractivity contribution in [3.05, 3.63) is 47.2 Å². The second-order valence-corrected chi connectivity index (χ2v) is 4.39. The molecule has 7 heteroatoms. The maximum atomic E-state index is 12.9. The fraction of sp³-hybridized carbons (Fsp3) is 0.143. The van der Waals surface area contributed by atoms with Gasteiger partial charge in [0.15, 0.2) is 5.82 Å². The zero-order valence-corrected chi connectivity index (χ0v) is 11.0. The average Bonchev–Trinajstić information content (AvgIpc) is 2.43. The molecule has 0 saturated heterocycles. The molecule has 2 rings (SSSR count). The first kappa shape index (κ1) is 14.7. The summed E-state index contributed by atoms with van der Waals surface area (Å²) in [5, 5.41) is 11.5. The van der Waals surface area contributed by atoms with Crippen LogP contribution in [0.4, 0.5) is 30.4 Å². The van der Waals surface area contributed by atoms with Crippen LogP contribution in [0.25, 0.3) is 0 Å². The van der Waals surface area contributed by atoms with Gasteiger partial charge in [0.2, 0.25) is 0 Å². The topological polar surface area (TPSA) is 74.7 Å². The number of anilines is 3. The molecular formula is C14H11F3N4. The highest BCUT2D eigenvalue weighted by molar-refractivity contribution is 5.71. The van der Waals surface area contributed by atoms with Gasteiger partial charge in [0.1, 0.15) is 0 Å². The number of nitrogens with zero attached hydrogens (tertiary/aromatic N) is 2. The van der Waals surface area contributed by atoms with Crippen LogP contribution < -0.4 is 11.1 Å². The van der Waals surface area contributed by atoms with E-state index in [4.69, 9.17) is 11.0 Å². The third kappa shape index (κ3) is 3.05. The molecule has 2 aromatic rings. The third-order valence-corrected chi connectivity index (χ3v) is 2.92. The third-order valence-electron chi connectivity index (χ3n) is 2.92. The van der Waals surface area contributed by atoms with E-state index in [1.807, 2.05) is 0 Å². The van der Waals surface area contributed by atoms with Crippen LogP contribution in [0.2, 0.25) is 0 Å². The number of alkyl halides is 3. The molecule has 0 aliphatic rings. The fourth-order valence-corrected chi connectivity index (χ4v) is 1.76. The van der Waals surface area contributed by atoms with Crippen LogP contribution in [-0.4, -0.2) is 4.98 Å². The Morgan fingerprint density at radius 2 is 2.00 bits per heavy atom. The van der Waals surface area contributed by atoms with E-state index in [2.05, 4.69) is 10.3 Å². The maximum Gasteiger partial charge on any atom is 0.417 e. The Labute approximate surface area is 119 Å². The van der Waals surface area contributed by atoms with Crippen LogP contribution in [0.5, 0.6) is 0 Å². The monoisotopic (exact) mass is 292 g/mol. The first-order valence-corrected chi connectivity index (χ1v) is 5.92. The summed E-state index contributed by atoms with van der Waals surface area (Å²) in [4.78, 5) is 3.99. The van der Waals surface area contributed by atoms with Gasteiger partial charge in [-0.2, -0.15) is 18.4 Å². The van der Waals surface area contributed by atoms with Crippen molar-refractivity contribution in [1.29, 1.82) is 5.26 Å². The lowest BCUT2D eigenvalue weighted by Crippen LogP contribution is -2.09. The normalized spacial score (nSPS) is 11.0. The van der Waals surface area contributed by atoms with Crippen LogP contribution in [0.1, 0.15) is 16.7 Å². The van der Waals surface area contributed by atoms with Crippen LogP contribution in [0.15, 0.2) is 30.5 Å². The van der Waals surface area contributed by atoms with Crippen LogP contribution in [-0.2, 0) is 6.18 Å². The second kappa shape index (κ2) is 5.32. The molecule has 0 amide bonds. The standard InChI is InChI=1S/C14H11F3N4/c1-8-4-5-20-13(12(8)19)21-10-3-2-9(7-18)11(6-10)14(15,16)17/h2-6H,19H2,1H3,(H,20,21). The Hall–Kier alpha value is -2.75. The number of nitrogen functional groups attached to an aromatic ring is 1. The molecule has 0 saturated carbocycles. The molecular weight excluding hydrogens is 281 g/mol. The number of hydrogen-bond acceptors (Lipinski definition) is 4. The zero-order valence-electron chi connectivity index (χ0n) is 11.0. The van der Waals surface area contributed by atoms with Gasteiger partial charge in [-0.15, -0.1) is 0 Å². The largest absolute Gasteiger partial charge is 0.417 e. The number of hydrogen-bond donors (Lipinski definition) is 2. The number of pyridine rings is 1. The number of nitriles is 1. The molecule has 21 heavy (non-hydrogen) atoms. The Morgan fingerprint density at radius 1 is 1.29 bits per heavy atom. The Bertz CT molecular complexity index is 717. The van der Waals surface area contributed by atoms with Gasteiger partial charge in [-0.25, -0.2) is 4.98 Å². The SMILES string of the molecule is Cc1ccnc(Nc2ccc(C#N)c(C(F)(F)F)c2)c1N. The lowest BCUT2D eigenvalue weighted by atomic mass is 10.1. The summed E-state index contributed by atoms with van der Waals surface area (Å²) in [6.07, 6.45) is -3.10. The smallest absolute Gasteiger partial charge is 0.396 e. The second-order valence-electron chi connectivity index (χ2n) is 4.39. The number of rotatable bonds is 2. The van der Waals surface area contributed by atoms with Crippen molar-refractivity contribution in [2.75, 3.05) is 11.1 Å². The highest BCUT2D eigenvalue weighted by Gasteiger charge is 2.33. The number of halogens is 3. The van der Waals surface area contributed by atoms with E-state index in [0.29, 0.717) is 5.69 Å². The molecule has 0 bridgehead atoms. The number of nitrogens with two attached hydrogens (primary N) is 1. The molecule has 3 N–H and O–H groups in total. The summed E-state index contributed by atoms with van der Waals surface area (Å²) in [6.45, 7) is 1.77. The summed E-state index contributed by atoms with van der Waals surface area (Å²) in [7, 11) is 0. The zero-order chi connectivity index (χ0) is 15.6. The van der Waals surface area contributed by atoms with Crippen molar-refractivity contribution in [3.8, 4) is 6.07 Å². The van der Waals surface area contributed by atoms with E-state index in [-0.39, 0.29) is 11.5 Å². The maximum absolute atomic E-state index is 12.9. The summed E-state index contributed by atoms with van der Waals surface area (Å²) in [5.41, 5.74) is 5.66. The summed E-state index contributed by atoms with van der Waals surface area (Å²) in [6, 6.07) is 6.56. The van der Waals surface area contributed by atoms with Crippen molar-refractivity contribution in [2.45, 2.75) is 13.1 Å². The van der Waals surface area contributed by atoms with E-state index in [0.717, 1.165) is 17.7 Å². The highest BCUT2D eigenvalue weighted by atomic mass is 19.4. The first-order valence-electron chi connectivity index (χ1n) is 5.92. The van der Waals surface area contributed by atoms with Crippen molar-refractivity contribution in [3.63, 3.8) is 0 Å². The Kier molecular flexibility index (Phi) is 3.72. The van der Waals surface area contributed by atoms with Crippen LogP contribution >= 0.6 is 0 Å². The van der Waals surface area contributed by atoms with Gasteiger partial charge in [0.05, 0.1) is 22.9 Å². The molecule has 0 radical (unpaired) electrons. The van der Waals surface area contributed by atoms with Gasteiger partial charge in [-0.3, -0.25) is 0 Å². The van der Waals surface area contributed by atoms with E-state index in [1.54, 1.807) is 13.0 Å². The molecule has 1 aromatic heterocycles. The molecule has 0 unspecified atom stereocenters. The van der Waals surface area contributed by atoms with E-state index >= 15 is 0 Å². The van der Waals surface area contributed by atoms with Crippen molar-refractivity contribution >= 4 is 17.2 Å². The lowest BCUT2D eigenvalue weighted by Gasteiger charge is -2.13. The summed E-state index contributed by atoms with van der Waals surface area (Å²) in [5.74, 6) is 0.271. The minimum absolute atomic E-state index is 0.158. The van der Waals surface area contributed by atoms with Crippen molar-refractivity contribution in [2.24, 2.45) is 0 Å². The van der Waals surface area contributed by atoms with Gasteiger partial charge in [-0.05, 0) is 36.8 Å². The molecule has 0 spiro atoms. The highest BCUT2D eigenvalue weighted by Crippen LogP contribution is 2.34. The van der Waals surface area contributed by atoms with Gasteiger partial charge in [0.25, 0.3) is 0 Å². The van der Waals surface area contributed by atoms with Crippen LogP contribution in [0.3, 0.4) is 0 Å². The van der Waals surface area contributed by atoms with E-state index in [9.17, 15) is 13.2 Å². The van der Waals surface area contributed by atoms with Crippen molar-refractivity contribution < 1.29 is 13.2 Å². The molecule has 0 aliphatic heterocycles. The number of aryl methyl sites for hydroxylation is 1. The Morgan fingerprint density at radius 3 is 2.62 bits per heavy atom. The quantitative estimate of drug-likeness (QED) is 0.886. The minimum atomic E-state index is -4.60. The molecule has 108 valence electrons. The number of benzene rings is 1. The van der Waals surface area contributed by atoms with Gasteiger partial charge in [0, 0.05) is 11.9 Å². The molecule has 0 fully saturated rings. The summed E-state index contributed by atoms with van der Waals surface area (Å²) >= 11 is 0. The van der Waals surface area contributed by atoms with E-state index < -0.39 is 17.3 Å². The van der Waals surface area contributed by atoms with Gasteiger partial charge >= 0.3 is 6.18 Å². The predicted octanol–water partition coefficient (Wildman–Crippen LogP) is 3.61. The fourth-order valence-electron chi connectivity index (χ4n) is 1.76. The average molecular weight is 292 g/mol.